The van der Waals surface area contributed by atoms with Gasteiger partial charge in [-0.1, -0.05) is 32.1 Å². The second-order valence-corrected chi connectivity index (χ2v) is 10.5. The van der Waals surface area contributed by atoms with Crippen LogP contribution in [0.25, 0.3) is 5.57 Å². The van der Waals surface area contributed by atoms with E-state index in [1.807, 2.05) is 23.0 Å². The molecule has 1 heterocycles. The van der Waals surface area contributed by atoms with Gasteiger partial charge in [0.2, 0.25) is 0 Å². The quantitative estimate of drug-likeness (QED) is 0.514. The largest absolute Gasteiger partial charge is 0.616 e. The molecule has 6 heteroatoms. The van der Waals surface area contributed by atoms with Gasteiger partial charge in [-0.05, 0) is 47.8 Å². The average molecular weight is 405 g/mol. The third-order valence-corrected chi connectivity index (χ3v) is 7.83. The smallest absolute Gasteiger partial charge is 0.303 e. The van der Waals surface area contributed by atoms with E-state index in [-0.39, 0.29) is 22.8 Å². The normalized spacial score (nSPS) is 26.3. The van der Waals surface area contributed by atoms with Crippen LogP contribution < -0.4 is 0 Å². The summed E-state index contributed by atoms with van der Waals surface area (Å²) in [5.41, 5.74) is 2.41. The van der Waals surface area contributed by atoms with Crippen molar-refractivity contribution in [3.05, 3.63) is 36.2 Å². The summed E-state index contributed by atoms with van der Waals surface area (Å²) < 4.78 is 15.2. The maximum Gasteiger partial charge on any atom is 0.303 e. The van der Waals surface area contributed by atoms with Crippen LogP contribution in [0.5, 0.6) is 0 Å². The molecular formula is C22H32N2O3S. The Labute approximate surface area is 171 Å². The van der Waals surface area contributed by atoms with Crippen LogP contribution in [0.4, 0.5) is 0 Å². The minimum absolute atomic E-state index is 0.0120. The van der Waals surface area contributed by atoms with Crippen LogP contribution >= 0.6 is 0 Å². The zero-order valence-electron chi connectivity index (χ0n) is 16.9. The van der Waals surface area contributed by atoms with Crippen molar-refractivity contribution in [2.75, 3.05) is 0 Å². The number of carboxylic acids is 1. The van der Waals surface area contributed by atoms with Crippen molar-refractivity contribution in [1.82, 2.24) is 9.78 Å². The van der Waals surface area contributed by atoms with E-state index in [1.165, 1.54) is 5.57 Å². The highest BCUT2D eigenvalue weighted by Crippen LogP contribution is 2.36. The maximum atomic E-state index is 13.2. The lowest BCUT2D eigenvalue weighted by Gasteiger charge is -2.33. The molecule has 0 saturated carbocycles. The summed E-state index contributed by atoms with van der Waals surface area (Å²) in [6.45, 7) is 5.37. The summed E-state index contributed by atoms with van der Waals surface area (Å²) in [4.78, 5) is 11.0. The zero-order chi connectivity index (χ0) is 20.1. The fourth-order valence-corrected chi connectivity index (χ4v) is 6.12. The first-order valence-electron chi connectivity index (χ1n) is 10.4. The summed E-state index contributed by atoms with van der Waals surface area (Å²) in [5, 5.41) is 13.8. The molecule has 1 aromatic rings. The first-order chi connectivity index (χ1) is 13.4. The fourth-order valence-electron chi connectivity index (χ4n) is 4.12. The van der Waals surface area contributed by atoms with Crippen LogP contribution in [-0.4, -0.2) is 35.9 Å². The van der Waals surface area contributed by atoms with Crippen LogP contribution in [0, 0.1) is 11.8 Å². The molecule has 0 bridgehead atoms. The number of hydrogen-bond donors (Lipinski definition) is 1. The minimum atomic E-state index is -0.938. The van der Waals surface area contributed by atoms with Gasteiger partial charge in [-0.15, -0.1) is 0 Å². The molecule has 0 amide bonds. The van der Waals surface area contributed by atoms with Crippen LogP contribution in [0.2, 0.25) is 0 Å². The van der Waals surface area contributed by atoms with Crippen molar-refractivity contribution >= 4 is 22.7 Å². The van der Waals surface area contributed by atoms with E-state index >= 15 is 0 Å². The number of aryl methyl sites for hydroxylation is 1. The monoisotopic (exact) mass is 404 g/mol. The lowest BCUT2D eigenvalue weighted by molar-refractivity contribution is -0.137. The third-order valence-electron chi connectivity index (χ3n) is 5.73. The van der Waals surface area contributed by atoms with E-state index in [0.717, 1.165) is 50.6 Å². The first kappa shape index (κ1) is 21.2. The van der Waals surface area contributed by atoms with E-state index in [0.29, 0.717) is 5.92 Å². The molecule has 2 aliphatic carbocycles. The SMILES string of the molecule is CC(C)CCn1cc(C2=CCCC([S+]([O-])C3CC=CC(CC(=O)O)C3)C2)cn1. The predicted octanol–water partition coefficient (Wildman–Crippen LogP) is 4.42. The molecule has 28 heavy (non-hydrogen) atoms. The number of allylic oxidation sites excluding steroid dienone is 4. The van der Waals surface area contributed by atoms with Crippen molar-refractivity contribution in [2.45, 2.75) is 75.8 Å². The van der Waals surface area contributed by atoms with Crippen molar-refractivity contribution in [3.8, 4) is 0 Å². The molecule has 3 rings (SSSR count). The molecule has 5 nitrogen and oxygen atoms in total. The summed E-state index contributed by atoms with van der Waals surface area (Å²) >= 11 is -0.938. The van der Waals surface area contributed by atoms with E-state index in [1.54, 1.807) is 0 Å². The number of carboxylic acid groups (broad SMARTS) is 1. The van der Waals surface area contributed by atoms with Crippen molar-refractivity contribution in [3.63, 3.8) is 0 Å². The Morgan fingerprint density at radius 2 is 2.25 bits per heavy atom. The van der Waals surface area contributed by atoms with E-state index in [9.17, 15) is 9.35 Å². The maximum absolute atomic E-state index is 13.2. The lowest BCUT2D eigenvalue weighted by atomic mass is 9.93. The van der Waals surface area contributed by atoms with Gasteiger partial charge in [0, 0.05) is 37.6 Å². The Hall–Kier alpha value is -1.53. The van der Waals surface area contributed by atoms with Gasteiger partial charge in [0.15, 0.2) is 0 Å². The Morgan fingerprint density at radius 3 is 3.00 bits per heavy atom. The Balaban J connectivity index is 1.59. The number of carbonyl (C=O) groups is 1. The minimum Gasteiger partial charge on any atom is -0.616 e. The molecule has 4 atom stereocenters. The summed E-state index contributed by atoms with van der Waals surface area (Å²) in [7, 11) is 0. The fraction of sp³-hybridized carbons (Fsp3) is 0.636. The van der Waals surface area contributed by atoms with E-state index in [2.05, 4.69) is 31.2 Å². The van der Waals surface area contributed by atoms with Gasteiger partial charge in [0.1, 0.15) is 10.5 Å². The first-order valence-corrected chi connectivity index (χ1v) is 11.7. The van der Waals surface area contributed by atoms with Crippen molar-refractivity contribution < 1.29 is 14.5 Å². The Kier molecular flexibility index (Phi) is 7.41. The molecule has 0 spiro atoms. The molecule has 0 aromatic carbocycles. The molecule has 4 unspecified atom stereocenters. The average Bonchev–Trinajstić information content (AvgIpc) is 3.15. The van der Waals surface area contributed by atoms with Crippen LogP contribution in [-0.2, 0) is 22.5 Å². The third kappa shape index (κ3) is 5.74. The molecule has 2 aliphatic rings. The van der Waals surface area contributed by atoms with Gasteiger partial charge in [0.05, 0.1) is 12.6 Å². The lowest BCUT2D eigenvalue weighted by Crippen LogP contribution is -2.35. The molecule has 0 fully saturated rings. The van der Waals surface area contributed by atoms with Crippen LogP contribution in [0.1, 0.15) is 64.4 Å². The molecule has 0 aliphatic heterocycles. The number of hydrogen-bond acceptors (Lipinski definition) is 3. The second kappa shape index (κ2) is 9.79. The van der Waals surface area contributed by atoms with Crippen LogP contribution in [0.3, 0.4) is 0 Å². The van der Waals surface area contributed by atoms with Gasteiger partial charge in [-0.2, -0.15) is 5.10 Å². The summed E-state index contributed by atoms with van der Waals surface area (Å²) in [5.74, 6) is -0.112. The van der Waals surface area contributed by atoms with E-state index in [4.69, 9.17) is 5.11 Å². The topological polar surface area (TPSA) is 78.2 Å². The predicted molar refractivity (Wildman–Crippen MR) is 113 cm³/mol. The van der Waals surface area contributed by atoms with Gasteiger partial charge in [0.25, 0.3) is 0 Å². The van der Waals surface area contributed by atoms with Crippen molar-refractivity contribution in [2.24, 2.45) is 11.8 Å². The Bertz CT molecular complexity index is 725. The number of aliphatic carboxylic acids is 1. The highest BCUT2D eigenvalue weighted by atomic mass is 32.2. The molecule has 0 radical (unpaired) electrons. The van der Waals surface area contributed by atoms with Crippen molar-refractivity contribution in [1.29, 1.82) is 0 Å². The molecular weight excluding hydrogens is 372 g/mol. The number of rotatable bonds is 8. The van der Waals surface area contributed by atoms with Crippen LogP contribution in [0.15, 0.2) is 30.6 Å². The highest BCUT2D eigenvalue weighted by Gasteiger charge is 2.35. The summed E-state index contributed by atoms with van der Waals surface area (Å²) in [6, 6.07) is 0. The van der Waals surface area contributed by atoms with Gasteiger partial charge >= 0.3 is 5.97 Å². The highest BCUT2D eigenvalue weighted by molar-refractivity contribution is 7.92. The number of nitrogens with zero attached hydrogens (tertiary/aromatic N) is 2. The molecule has 1 N–H and O–H groups in total. The van der Waals surface area contributed by atoms with Gasteiger partial charge in [-0.25, -0.2) is 0 Å². The standard InChI is InChI=1S/C22H32N2O3S/c1-16(2)9-10-24-15-19(14-23-24)18-6-4-8-21(13-18)28(27)20-7-3-5-17(11-20)12-22(25)26/h3,5-6,14-17,20-21H,4,7-13H2,1-2H3,(H,25,26). The summed E-state index contributed by atoms with van der Waals surface area (Å²) in [6.07, 6.45) is 15.8. The van der Waals surface area contributed by atoms with E-state index < -0.39 is 17.1 Å². The molecule has 0 saturated heterocycles. The molecule has 1 aromatic heterocycles. The second-order valence-electron chi connectivity index (χ2n) is 8.52. The van der Waals surface area contributed by atoms with Gasteiger partial charge < -0.3 is 9.66 Å². The Morgan fingerprint density at radius 1 is 1.43 bits per heavy atom. The number of aromatic nitrogens is 2. The zero-order valence-corrected chi connectivity index (χ0v) is 17.7. The molecule has 154 valence electrons. The van der Waals surface area contributed by atoms with Gasteiger partial charge in [-0.3, -0.25) is 9.48 Å².